The maximum absolute atomic E-state index is 4.89. The first kappa shape index (κ1) is 15.0. The Morgan fingerprint density at radius 2 is 2.10 bits per heavy atom. The lowest BCUT2D eigenvalue weighted by atomic mass is 9.75. The van der Waals surface area contributed by atoms with Crippen LogP contribution in [0.25, 0.3) is 0 Å². The molecule has 0 spiro atoms. The number of aliphatic imine (C=N–C) groups is 1. The van der Waals surface area contributed by atoms with Crippen molar-refractivity contribution in [1.29, 1.82) is 0 Å². The minimum Gasteiger partial charge on any atom is -0.362 e. The molecule has 2 unspecified atom stereocenters. The Balaban J connectivity index is 1.54. The average Bonchev–Trinajstić information content (AvgIpc) is 2.86. The quantitative estimate of drug-likeness (QED) is 0.902. The molecule has 1 heterocycles. The molecular weight excluding hydrogens is 276 g/mol. The molecule has 1 N–H and O–H groups in total. The van der Waals surface area contributed by atoms with E-state index in [1.807, 2.05) is 11.8 Å². The Hall–Kier alpha value is -0.960. The van der Waals surface area contributed by atoms with Crippen LogP contribution >= 0.6 is 11.8 Å². The SMILES string of the molecule is CC1(C)CCCC(NC2=NC(Cc3ccccc3)CS2)C1. The van der Waals surface area contributed by atoms with Crippen molar-refractivity contribution in [3.63, 3.8) is 0 Å². The first-order valence-corrected chi connectivity index (χ1v) is 9.10. The molecule has 1 aromatic rings. The smallest absolute Gasteiger partial charge is 0.157 e. The fourth-order valence-corrected chi connectivity index (χ4v) is 4.50. The summed E-state index contributed by atoms with van der Waals surface area (Å²) in [6, 6.07) is 11.8. The molecule has 1 saturated carbocycles. The van der Waals surface area contributed by atoms with Gasteiger partial charge in [-0.1, -0.05) is 62.4 Å². The molecule has 1 aliphatic carbocycles. The van der Waals surface area contributed by atoms with Gasteiger partial charge in [-0.2, -0.15) is 0 Å². The van der Waals surface area contributed by atoms with Crippen LogP contribution in [0.15, 0.2) is 35.3 Å². The van der Waals surface area contributed by atoms with Gasteiger partial charge in [0.05, 0.1) is 6.04 Å². The molecule has 0 amide bonds. The lowest BCUT2D eigenvalue weighted by Crippen LogP contribution is -2.39. The van der Waals surface area contributed by atoms with Crippen molar-refractivity contribution < 1.29 is 0 Å². The number of thioether (sulfide) groups is 1. The van der Waals surface area contributed by atoms with Crippen LogP contribution in [0.5, 0.6) is 0 Å². The Kier molecular flexibility index (Phi) is 4.58. The Morgan fingerprint density at radius 1 is 1.29 bits per heavy atom. The summed E-state index contributed by atoms with van der Waals surface area (Å²) in [5, 5.41) is 4.88. The molecule has 3 heteroatoms. The standard InChI is InChI=1S/C18H26N2S/c1-18(2)10-6-9-15(12-18)19-17-20-16(13-21-17)11-14-7-4-3-5-8-14/h3-5,7-8,15-16H,6,9-13H2,1-2H3,(H,19,20). The minimum atomic E-state index is 0.441. The Bertz CT molecular complexity index is 495. The van der Waals surface area contributed by atoms with E-state index in [0.29, 0.717) is 17.5 Å². The summed E-state index contributed by atoms with van der Waals surface area (Å²) in [6.45, 7) is 4.78. The van der Waals surface area contributed by atoms with Crippen LogP contribution in [-0.2, 0) is 6.42 Å². The van der Waals surface area contributed by atoms with Crippen LogP contribution in [0.2, 0.25) is 0 Å². The van der Waals surface area contributed by atoms with Crippen molar-refractivity contribution in [2.45, 2.75) is 58.0 Å². The van der Waals surface area contributed by atoms with Gasteiger partial charge in [0.1, 0.15) is 0 Å². The van der Waals surface area contributed by atoms with E-state index in [1.165, 1.54) is 36.4 Å². The van der Waals surface area contributed by atoms with Gasteiger partial charge in [0.15, 0.2) is 5.17 Å². The summed E-state index contributed by atoms with van der Waals surface area (Å²) in [6.07, 6.45) is 6.34. The van der Waals surface area contributed by atoms with Gasteiger partial charge in [0.25, 0.3) is 0 Å². The fourth-order valence-electron chi connectivity index (χ4n) is 3.48. The van der Waals surface area contributed by atoms with Crippen molar-refractivity contribution in [3.8, 4) is 0 Å². The molecule has 0 saturated heterocycles. The highest BCUT2D eigenvalue weighted by atomic mass is 32.2. The number of benzene rings is 1. The molecule has 3 rings (SSSR count). The lowest BCUT2D eigenvalue weighted by molar-refractivity contribution is 0.211. The molecule has 114 valence electrons. The molecule has 0 bridgehead atoms. The van der Waals surface area contributed by atoms with Crippen LogP contribution in [0, 0.1) is 5.41 Å². The predicted octanol–water partition coefficient (Wildman–Crippen LogP) is 4.26. The van der Waals surface area contributed by atoms with Gasteiger partial charge in [0.2, 0.25) is 0 Å². The van der Waals surface area contributed by atoms with Gasteiger partial charge in [-0.05, 0) is 36.7 Å². The highest BCUT2D eigenvalue weighted by molar-refractivity contribution is 8.14. The fraction of sp³-hybridized carbons (Fsp3) is 0.611. The highest BCUT2D eigenvalue weighted by Crippen LogP contribution is 2.35. The van der Waals surface area contributed by atoms with E-state index in [2.05, 4.69) is 49.5 Å². The molecule has 2 nitrogen and oxygen atoms in total. The summed E-state index contributed by atoms with van der Waals surface area (Å²) in [4.78, 5) is 4.89. The third-order valence-electron chi connectivity index (χ3n) is 4.56. The number of nitrogens with one attached hydrogen (secondary N) is 1. The van der Waals surface area contributed by atoms with Crippen molar-refractivity contribution in [1.82, 2.24) is 5.32 Å². The summed E-state index contributed by atoms with van der Waals surface area (Å²) in [7, 11) is 0. The predicted molar refractivity (Wildman–Crippen MR) is 93.0 cm³/mol. The largest absolute Gasteiger partial charge is 0.362 e. The number of hydrogen-bond donors (Lipinski definition) is 1. The van der Waals surface area contributed by atoms with Crippen LogP contribution in [0.3, 0.4) is 0 Å². The first-order chi connectivity index (χ1) is 10.1. The second-order valence-corrected chi connectivity index (χ2v) is 8.20. The van der Waals surface area contributed by atoms with Crippen LogP contribution in [-0.4, -0.2) is 23.0 Å². The van der Waals surface area contributed by atoms with Gasteiger partial charge in [-0.3, -0.25) is 4.99 Å². The van der Waals surface area contributed by atoms with E-state index in [0.717, 1.165) is 12.2 Å². The Labute approximate surface area is 132 Å². The molecule has 2 atom stereocenters. The van der Waals surface area contributed by atoms with E-state index < -0.39 is 0 Å². The third kappa shape index (κ3) is 4.26. The maximum Gasteiger partial charge on any atom is 0.157 e. The molecule has 1 aromatic carbocycles. The molecule has 1 fully saturated rings. The van der Waals surface area contributed by atoms with Crippen LogP contribution in [0.4, 0.5) is 0 Å². The second-order valence-electron chi connectivity index (χ2n) is 7.19. The summed E-state index contributed by atoms with van der Waals surface area (Å²) >= 11 is 1.90. The monoisotopic (exact) mass is 302 g/mol. The van der Waals surface area contributed by atoms with Gasteiger partial charge >= 0.3 is 0 Å². The number of nitrogens with zero attached hydrogens (tertiary/aromatic N) is 1. The van der Waals surface area contributed by atoms with Crippen LogP contribution < -0.4 is 5.32 Å². The Morgan fingerprint density at radius 3 is 2.86 bits per heavy atom. The van der Waals surface area contributed by atoms with Crippen molar-refractivity contribution >= 4 is 16.9 Å². The molecule has 0 radical (unpaired) electrons. The van der Waals surface area contributed by atoms with Gasteiger partial charge in [0, 0.05) is 11.8 Å². The molecule has 21 heavy (non-hydrogen) atoms. The van der Waals surface area contributed by atoms with Crippen LogP contribution in [0.1, 0.15) is 45.1 Å². The molecule has 1 aliphatic heterocycles. The van der Waals surface area contributed by atoms with E-state index >= 15 is 0 Å². The van der Waals surface area contributed by atoms with Crippen molar-refractivity contribution in [2.24, 2.45) is 10.4 Å². The average molecular weight is 302 g/mol. The molecule has 2 aliphatic rings. The third-order valence-corrected chi connectivity index (χ3v) is 5.61. The van der Waals surface area contributed by atoms with E-state index in [1.54, 1.807) is 0 Å². The molecular formula is C18H26N2S. The van der Waals surface area contributed by atoms with Gasteiger partial charge in [-0.25, -0.2) is 0 Å². The van der Waals surface area contributed by atoms with Crippen molar-refractivity contribution in [2.75, 3.05) is 5.75 Å². The first-order valence-electron chi connectivity index (χ1n) is 8.12. The zero-order valence-electron chi connectivity index (χ0n) is 13.1. The number of rotatable bonds is 3. The van der Waals surface area contributed by atoms with Gasteiger partial charge in [-0.15, -0.1) is 0 Å². The van der Waals surface area contributed by atoms with E-state index in [-0.39, 0.29) is 0 Å². The lowest BCUT2D eigenvalue weighted by Gasteiger charge is -2.35. The van der Waals surface area contributed by atoms with Gasteiger partial charge < -0.3 is 5.32 Å². The number of amidine groups is 1. The summed E-state index contributed by atoms with van der Waals surface area (Å²) in [5.74, 6) is 1.12. The normalized spacial score (nSPS) is 28.2. The maximum atomic E-state index is 4.89. The minimum absolute atomic E-state index is 0.441. The van der Waals surface area contributed by atoms with Crippen molar-refractivity contribution in [3.05, 3.63) is 35.9 Å². The molecule has 0 aromatic heterocycles. The summed E-state index contributed by atoms with van der Waals surface area (Å²) < 4.78 is 0. The van der Waals surface area contributed by atoms with E-state index in [9.17, 15) is 0 Å². The highest BCUT2D eigenvalue weighted by Gasteiger charge is 2.29. The zero-order chi connectivity index (χ0) is 14.7. The second kappa shape index (κ2) is 6.43. The zero-order valence-corrected chi connectivity index (χ0v) is 14.0. The summed E-state index contributed by atoms with van der Waals surface area (Å²) in [5.41, 5.74) is 1.88. The van der Waals surface area contributed by atoms with E-state index in [4.69, 9.17) is 4.99 Å². The topological polar surface area (TPSA) is 24.4 Å². The number of hydrogen-bond acceptors (Lipinski definition) is 3.